The van der Waals surface area contributed by atoms with Crippen LogP contribution in [-0.4, -0.2) is 43.3 Å². The predicted molar refractivity (Wildman–Crippen MR) is 132 cm³/mol. The molecule has 1 aliphatic rings. The molecule has 0 unspecified atom stereocenters. The second kappa shape index (κ2) is 8.39. The summed E-state index contributed by atoms with van der Waals surface area (Å²) >= 11 is 1.39. The maximum Gasteiger partial charge on any atom is 0.410 e. The number of carbonyl (C=O) groups is 1. The van der Waals surface area contributed by atoms with Crippen molar-refractivity contribution >= 4 is 27.6 Å². The maximum atomic E-state index is 13.1. The highest BCUT2D eigenvalue weighted by atomic mass is 32.1. The van der Waals surface area contributed by atoms with Crippen molar-refractivity contribution in [1.29, 1.82) is 0 Å². The van der Waals surface area contributed by atoms with E-state index in [1.165, 1.54) is 11.3 Å². The van der Waals surface area contributed by atoms with Crippen LogP contribution in [0.3, 0.4) is 0 Å². The van der Waals surface area contributed by atoms with E-state index in [1.807, 2.05) is 52.0 Å². The second-order valence-corrected chi connectivity index (χ2v) is 10.7. The molecule has 1 amide bonds. The Labute approximate surface area is 201 Å². The van der Waals surface area contributed by atoms with Crippen LogP contribution in [0.25, 0.3) is 20.7 Å². The fourth-order valence-electron chi connectivity index (χ4n) is 4.43. The monoisotopic (exact) mass is 477 g/mol. The molecule has 4 heterocycles. The molecule has 8 nitrogen and oxygen atoms in total. The van der Waals surface area contributed by atoms with Crippen molar-refractivity contribution in [2.45, 2.75) is 51.7 Å². The SMILES string of the molecule is Cc1[nH]ncc1-c1cc2nc([C@@H]3C[C@H](c4ccccc4)CN3C(=O)OC(C)(C)C)[nH]c(=O)c2s1. The van der Waals surface area contributed by atoms with Crippen molar-refractivity contribution in [1.82, 2.24) is 25.1 Å². The molecule has 1 aromatic carbocycles. The van der Waals surface area contributed by atoms with Crippen molar-refractivity contribution in [3.63, 3.8) is 0 Å². The normalized spacial score (nSPS) is 18.5. The van der Waals surface area contributed by atoms with Gasteiger partial charge in [-0.2, -0.15) is 5.10 Å². The zero-order valence-corrected chi connectivity index (χ0v) is 20.4. The summed E-state index contributed by atoms with van der Waals surface area (Å²) in [5, 5.41) is 7.02. The molecule has 2 N–H and O–H groups in total. The predicted octanol–water partition coefficient (Wildman–Crippen LogP) is 5.15. The summed E-state index contributed by atoms with van der Waals surface area (Å²) < 4.78 is 6.26. The van der Waals surface area contributed by atoms with Gasteiger partial charge in [-0.3, -0.25) is 14.8 Å². The van der Waals surface area contributed by atoms with Crippen molar-refractivity contribution in [2.75, 3.05) is 6.54 Å². The number of hydrogen-bond acceptors (Lipinski definition) is 6. The Morgan fingerprint density at radius 1 is 1.24 bits per heavy atom. The highest BCUT2D eigenvalue weighted by molar-refractivity contribution is 7.22. The summed E-state index contributed by atoms with van der Waals surface area (Å²) in [6.07, 6.45) is 2.00. The number of aryl methyl sites for hydroxylation is 1. The lowest BCUT2D eigenvalue weighted by molar-refractivity contribution is 0.0216. The first kappa shape index (κ1) is 22.3. The van der Waals surface area contributed by atoms with Crippen LogP contribution < -0.4 is 5.56 Å². The van der Waals surface area contributed by atoms with E-state index in [-0.39, 0.29) is 11.5 Å². The van der Waals surface area contributed by atoms with Gasteiger partial charge in [0, 0.05) is 28.6 Å². The number of nitrogens with one attached hydrogen (secondary N) is 2. The summed E-state index contributed by atoms with van der Waals surface area (Å²) in [6.45, 7) is 7.98. The molecule has 34 heavy (non-hydrogen) atoms. The van der Waals surface area contributed by atoms with Crippen molar-refractivity contribution in [3.8, 4) is 10.4 Å². The average molecular weight is 478 g/mol. The lowest BCUT2D eigenvalue weighted by Crippen LogP contribution is -2.37. The van der Waals surface area contributed by atoms with Gasteiger partial charge in [0.25, 0.3) is 5.56 Å². The van der Waals surface area contributed by atoms with Crippen LogP contribution in [-0.2, 0) is 4.74 Å². The van der Waals surface area contributed by atoms with Crippen LogP contribution in [0.5, 0.6) is 0 Å². The van der Waals surface area contributed by atoms with E-state index in [1.54, 1.807) is 11.1 Å². The third kappa shape index (κ3) is 4.23. The smallest absolute Gasteiger partial charge is 0.410 e. The number of benzene rings is 1. The molecule has 9 heteroatoms. The number of nitrogens with zero attached hydrogens (tertiary/aromatic N) is 3. The molecule has 1 aliphatic heterocycles. The average Bonchev–Trinajstić information content (AvgIpc) is 3.50. The van der Waals surface area contributed by atoms with Gasteiger partial charge in [0.15, 0.2) is 0 Å². The van der Waals surface area contributed by atoms with E-state index in [9.17, 15) is 9.59 Å². The third-order valence-corrected chi connectivity index (χ3v) is 7.17. The number of thiophene rings is 1. The zero-order valence-electron chi connectivity index (χ0n) is 19.6. The fraction of sp³-hybridized carbons (Fsp3) is 0.360. The minimum atomic E-state index is -0.623. The Morgan fingerprint density at radius 2 is 2.00 bits per heavy atom. The Kier molecular flexibility index (Phi) is 5.51. The van der Waals surface area contributed by atoms with Gasteiger partial charge in [0.1, 0.15) is 16.1 Å². The van der Waals surface area contributed by atoms with Gasteiger partial charge >= 0.3 is 6.09 Å². The molecule has 1 saturated heterocycles. The minimum absolute atomic E-state index is 0.117. The number of aromatic nitrogens is 4. The van der Waals surface area contributed by atoms with E-state index >= 15 is 0 Å². The third-order valence-electron chi connectivity index (χ3n) is 6.01. The summed E-state index contributed by atoms with van der Waals surface area (Å²) in [5.41, 5.74) is 2.82. The van der Waals surface area contributed by atoms with Crippen molar-refractivity contribution in [3.05, 3.63) is 70.0 Å². The van der Waals surface area contributed by atoms with Crippen LogP contribution in [0.4, 0.5) is 4.79 Å². The highest BCUT2D eigenvalue weighted by Gasteiger charge is 2.40. The van der Waals surface area contributed by atoms with Crippen LogP contribution >= 0.6 is 11.3 Å². The number of H-pyrrole nitrogens is 2. The molecule has 1 fully saturated rings. The molecule has 0 bridgehead atoms. The molecule has 0 spiro atoms. The van der Waals surface area contributed by atoms with E-state index in [4.69, 9.17) is 9.72 Å². The first-order valence-electron chi connectivity index (χ1n) is 11.3. The first-order valence-corrected chi connectivity index (χ1v) is 12.1. The number of ether oxygens (including phenoxy) is 1. The number of fused-ring (bicyclic) bond motifs is 1. The lowest BCUT2D eigenvalue weighted by Gasteiger charge is -2.28. The van der Waals surface area contributed by atoms with E-state index in [2.05, 4.69) is 27.3 Å². The highest BCUT2D eigenvalue weighted by Crippen LogP contribution is 2.41. The first-order chi connectivity index (χ1) is 16.2. The Bertz CT molecular complexity index is 1400. The van der Waals surface area contributed by atoms with Gasteiger partial charge in [0.05, 0.1) is 17.8 Å². The van der Waals surface area contributed by atoms with Crippen LogP contribution in [0, 0.1) is 6.92 Å². The van der Waals surface area contributed by atoms with Gasteiger partial charge in [-0.1, -0.05) is 30.3 Å². The number of carbonyl (C=O) groups excluding carboxylic acids is 1. The van der Waals surface area contributed by atoms with E-state index in [0.717, 1.165) is 21.7 Å². The fourth-order valence-corrected chi connectivity index (χ4v) is 5.49. The Hall–Kier alpha value is -3.46. The summed E-state index contributed by atoms with van der Waals surface area (Å²) in [6, 6.07) is 11.6. The molecule has 2 atom stereocenters. The van der Waals surface area contributed by atoms with Crippen LogP contribution in [0.2, 0.25) is 0 Å². The molecule has 176 valence electrons. The van der Waals surface area contributed by atoms with Crippen molar-refractivity contribution in [2.24, 2.45) is 0 Å². The molecule has 0 radical (unpaired) electrons. The van der Waals surface area contributed by atoms with E-state index < -0.39 is 17.7 Å². The number of hydrogen-bond donors (Lipinski definition) is 2. The molecular weight excluding hydrogens is 450 g/mol. The van der Waals surface area contributed by atoms with E-state index in [0.29, 0.717) is 29.0 Å². The summed E-state index contributed by atoms with van der Waals surface area (Å²) in [5.74, 6) is 0.599. The van der Waals surface area contributed by atoms with Crippen molar-refractivity contribution < 1.29 is 9.53 Å². The largest absolute Gasteiger partial charge is 0.444 e. The summed E-state index contributed by atoms with van der Waals surface area (Å²) in [7, 11) is 0. The molecule has 3 aromatic heterocycles. The minimum Gasteiger partial charge on any atom is -0.444 e. The molecule has 0 aliphatic carbocycles. The van der Waals surface area contributed by atoms with Gasteiger partial charge in [-0.25, -0.2) is 9.78 Å². The lowest BCUT2D eigenvalue weighted by atomic mass is 9.96. The maximum absolute atomic E-state index is 13.1. The number of rotatable bonds is 3. The molecule has 4 aromatic rings. The van der Waals surface area contributed by atoms with Crippen LogP contribution in [0.15, 0.2) is 47.4 Å². The summed E-state index contributed by atoms with van der Waals surface area (Å²) in [4.78, 5) is 36.6. The number of likely N-dealkylation sites (tertiary alicyclic amines) is 1. The quantitative estimate of drug-likeness (QED) is 0.425. The Balaban J connectivity index is 1.54. The molecular formula is C25H27N5O3S. The zero-order chi connectivity index (χ0) is 24.0. The standard InChI is InChI=1S/C25H27N5O3S/c1-14-17(12-26-29-14)20-11-18-21(34-20)23(31)28-22(27-18)19-10-16(15-8-6-5-7-9-15)13-30(19)24(32)33-25(2,3)4/h5-9,11-12,16,19H,10,13H2,1-4H3,(H,26,29)(H,27,28,31)/t16-,19-/m0/s1. The second-order valence-electron chi connectivity index (χ2n) is 9.68. The van der Waals surface area contributed by atoms with Gasteiger partial charge in [-0.05, 0) is 45.7 Å². The molecule has 5 rings (SSSR count). The Morgan fingerprint density at radius 3 is 2.68 bits per heavy atom. The van der Waals surface area contributed by atoms with Gasteiger partial charge in [-0.15, -0.1) is 11.3 Å². The number of aromatic amines is 2. The number of amides is 1. The van der Waals surface area contributed by atoms with Gasteiger partial charge in [0.2, 0.25) is 0 Å². The topological polar surface area (TPSA) is 104 Å². The molecule has 0 saturated carbocycles. The van der Waals surface area contributed by atoms with Crippen LogP contribution in [0.1, 0.15) is 56.2 Å². The van der Waals surface area contributed by atoms with Gasteiger partial charge < -0.3 is 9.72 Å².